The first kappa shape index (κ1) is 7.24. The summed E-state index contributed by atoms with van der Waals surface area (Å²) in [6.45, 7) is 0.548. The Morgan fingerprint density at radius 1 is 1.33 bits per heavy atom. The second-order valence-electron chi connectivity index (χ2n) is 2.72. The second-order valence-corrected chi connectivity index (χ2v) is 2.72. The van der Waals surface area contributed by atoms with Crippen LogP contribution in [0.15, 0.2) is 18.2 Å². The van der Waals surface area contributed by atoms with Crippen molar-refractivity contribution in [1.29, 1.82) is 0 Å². The summed E-state index contributed by atoms with van der Waals surface area (Å²) in [6.07, 6.45) is 0. The first-order valence-electron chi connectivity index (χ1n) is 3.79. The Morgan fingerprint density at radius 3 is 2.83 bits per heavy atom. The van der Waals surface area contributed by atoms with E-state index in [0.29, 0.717) is 6.54 Å². The maximum Gasteiger partial charge on any atom is 0.113 e. The van der Waals surface area contributed by atoms with Crippen molar-refractivity contribution in [2.75, 3.05) is 0 Å². The largest absolute Gasteiger partial charge is 0.326 e. The van der Waals surface area contributed by atoms with Gasteiger partial charge in [-0.15, -0.1) is 0 Å². The average molecular weight is 162 g/mol. The number of hydrogen-bond donors (Lipinski definition) is 1. The van der Waals surface area contributed by atoms with Crippen LogP contribution in [0.1, 0.15) is 5.56 Å². The molecule has 0 fully saturated rings. The Balaban J connectivity index is 2.66. The van der Waals surface area contributed by atoms with Gasteiger partial charge in [-0.1, -0.05) is 6.07 Å². The molecule has 62 valence electrons. The van der Waals surface area contributed by atoms with Crippen molar-refractivity contribution in [2.45, 2.75) is 6.54 Å². The molecule has 0 bridgehead atoms. The lowest BCUT2D eigenvalue weighted by molar-refractivity contribution is 0.665. The number of nitrogens with two attached hydrogens (primary N) is 1. The van der Waals surface area contributed by atoms with E-state index in [-0.39, 0.29) is 0 Å². The van der Waals surface area contributed by atoms with Gasteiger partial charge in [0.25, 0.3) is 0 Å². The molecule has 1 aromatic carbocycles. The van der Waals surface area contributed by atoms with Gasteiger partial charge in [0.05, 0.1) is 0 Å². The lowest BCUT2D eigenvalue weighted by Gasteiger charge is -1.92. The van der Waals surface area contributed by atoms with Gasteiger partial charge < -0.3 is 5.73 Å². The maximum absolute atomic E-state index is 5.49. The van der Waals surface area contributed by atoms with Crippen molar-refractivity contribution in [2.24, 2.45) is 12.8 Å². The minimum Gasteiger partial charge on any atom is -0.326 e. The van der Waals surface area contributed by atoms with Gasteiger partial charge in [0.2, 0.25) is 0 Å². The van der Waals surface area contributed by atoms with Gasteiger partial charge in [0, 0.05) is 13.6 Å². The molecule has 0 aliphatic rings. The average Bonchev–Trinajstić information content (AvgIpc) is 2.43. The minimum atomic E-state index is 0.548. The first-order chi connectivity index (χ1) is 5.79. The first-order valence-corrected chi connectivity index (χ1v) is 3.79. The van der Waals surface area contributed by atoms with Crippen LogP contribution >= 0.6 is 0 Å². The fourth-order valence-electron chi connectivity index (χ4n) is 1.19. The fourth-order valence-corrected chi connectivity index (χ4v) is 1.19. The predicted octanol–water partition coefficient (Wildman–Crippen LogP) is 0.427. The van der Waals surface area contributed by atoms with Gasteiger partial charge in [-0.25, -0.2) is 0 Å². The summed E-state index contributed by atoms with van der Waals surface area (Å²) in [7, 11) is 1.81. The van der Waals surface area contributed by atoms with Gasteiger partial charge in [-0.3, -0.25) is 0 Å². The van der Waals surface area contributed by atoms with Crippen LogP contribution in [-0.4, -0.2) is 15.0 Å². The third kappa shape index (κ3) is 1.06. The highest BCUT2D eigenvalue weighted by Gasteiger charge is 1.99. The van der Waals surface area contributed by atoms with Crippen LogP contribution < -0.4 is 5.73 Å². The molecule has 12 heavy (non-hydrogen) atoms. The highest BCUT2D eigenvalue weighted by molar-refractivity contribution is 5.74. The monoisotopic (exact) mass is 162 g/mol. The topological polar surface area (TPSA) is 56.7 Å². The molecular weight excluding hydrogens is 152 g/mol. The SMILES string of the molecule is Cn1nc2ccc(CN)cc2n1. The molecule has 0 spiro atoms. The van der Waals surface area contributed by atoms with E-state index < -0.39 is 0 Å². The van der Waals surface area contributed by atoms with E-state index in [1.165, 1.54) is 0 Å². The second kappa shape index (κ2) is 2.57. The van der Waals surface area contributed by atoms with Crippen molar-refractivity contribution in [3.05, 3.63) is 23.8 Å². The lowest BCUT2D eigenvalue weighted by atomic mass is 10.2. The molecular formula is C8H10N4. The van der Waals surface area contributed by atoms with E-state index in [1.54, 1.807) is 4.80 Å². The van der Waals surface area contributed by atoms with Crippen LogP contribution in [0.3, 0.4) is 0 Å². The van der Waals surface area contributed by atoms with Gasteiger partial charge in [0.1, 0.15) is 11.0 Å². The summed E-state index contributed by atoms with van der Waals surface area (Å²) in [5.74, 6) is 0. The van der Waals surface area contributed by atoms with Crippen molar-refractivity contribution in [3.63, 3.8) is 0 Å². The molecule has 4 heteroatoms. The molecule has 2 N–H and O–H groups in total. The van der Waals surface area contributed by atoms with E-state index in [4.69, 9.17) is 5.73 Å². The van der Waals surface area contributed by atoms with Crippen LogP contribution in [-0.2, 0) is 13.6 Å². The third-order valence-electron chi connectivity index (χ3n) is 1.78. The number of aryl methyl sites for hydroxylation is 1. The zero-order valence-electron chi connectivity index (χ0n) is 6.86. The van der Waals surface area contributed by atoms with Crippen molar-refractivity contribution in [3.8, 4) is 0 Å². The van der Waals surface area contributed by atoms with Crippen molar-refractivity contribution < 1.29 is 0 Å². The Labute approximate surface area is 70.0 Å². The van der Waals surface area contributed by atoms with Gasteiger partial charge in [0.15, 0.2) is 0 Å². The summed E-state index contributed by atoms with van der Waals surface area (Å²) < 4.78 is 0. The molecule has 0 saturated carbocycles. The van der Waals surface area contributed by atoms with Crippen molar-refractivity contribution >= 4 is 11.0 Å². The van der Waals surface area contributed by atoms with Crippen LogP contribution in [0, 0.1) is 0 Å². The summed E-state index contributed by atoms with van der Waals surface area (Å²) >= 11 is 0. The van der Waals surface area contributed by atoms with Crippen molar-refractivity contribution in [1.82, 2.24) is 15.0 Å². The summed E-state index contributed by atoms with van der Waals surface area (Å²) in [6, 6.07) is 5.86. The summed E-state index contributed by atoms with van der Waals surface area (Å²) in [4.78, 5) is 1.56. The van der Waals surface area contributed by atoms with Crippen LogP contribution in [0.5, 0.6) is 0 Å². The maximum atomic E-state index is 5.49. The summed E-state index contributed by atoms with van der Waals surface area (Å²) in [5, 5.41) is 8.33. The number of aromatic nitrogens is 3. The molecule has 0 unspecified atom stereocenters. The molecule has 1 heterocycles. The van der Waals surface area contributed by atoms with Crippen LogP contribution in [0.2, 0.25) is 0 Å². The van der Waals surface area contributed by atoms with Gasteiger partial charge >= 0.3 is 0 Å². The molecule has 0 amide bonds. The minimum absolute atomic E-state index is 0.548. The standard InChI is InChI=1S/C8H10N4/c1-12-10-7-3-2-6(5-9)4-8(7)11-12/h2-4H,5,9H2,1H3. The fraction of sp³-hybridized carbons (Fsp3) is 0.250. The lowest BCUT2D eigenvalue weighted by Crippen LogP contribution is -1.95. The molecule has 0 aliphatic heterocycles. The molecule has 0 saturated heterocycles. The third-order valence-corrected chi connectivity index (χ3v) is 1.78. The van der Waals surface area contributed by atoms with E-state index in [0.717, 1.165) is 16.6 Å². The smallest absolute Gasteiger partial charge is 0.113 e. The Bertz CT molecular complexity index is 404. The zero-order chi connectivity index (χ0) is 8.55. The number of rotatable bonds is 1. The Morgan fingerprint density at radius 2 is 2.08 bits per heavy atom. The van der Waals surface area contributed by atoms with E-state index in [1.807, 2.05) is 25.2 Å². The zero-order valence-corrected chi connectivity index (χ0v) is 6.86. The van der Waals surface area contributed by atoms with Crippen LogP contribution in [0.4, 0.5) is 0 Å². The number of hydrogen-bond acceptors (Lipinski definition) is 3. The van der Waals surface area contributed by atoms with E-state index in [2.05, 4.69) is 10.2 Å². The predicted molar refractivity (Wildman–Crippen MR) is 46.4 cm³/mol. The van der Waals surface area contributed by atoms with Gasteiger partial charge in [-0.2, -0.15) is 15.0 Å². The molecule has 4 nitrogen and oxygen atoms in total. The molecule has 0 radical (unpaired) electrons. The number of benzene rings is 1. The molecule has 0 aliphatic carbocycles. The quantitative estimate of drug-likeness (QED) is 0.661. The van der Waals surface area contributed by atoms with E-state index in [9.17, 15) is 0 Å². The number of fused-ring (bicyclic) bond motifs is 1. The molecule has 0 atom stereocenters. The molecule has 1 aromatic heterocycles. The number of nitrogens with zero attached hydrogens (tertiary/aromatic N) is 3. The Hall–Kier alpha value is -1.42. The summed E-state index contributed by atoms with van der Waals surface area (Å²) in [5.41, 5.74) is 8.39. The van der Waals surface area contributed by atoms with Gasteiger partial charge in [-0.05, 0) is 17.7 Å². The highest BCUT2D eigenvalue weighted by Crippen LogP contribution is 2.10. The van der Waals surface area contributed by atoms with Crippen LogP contribution in [0.25, 0.3) is 11.0 Å². The molecule has 2 aromatic rings. The molecule has 2 rings (SSSR count). The Kier molecular flexibility index (Phi) is 1.55. The highest BCUT2D eigenvalue weighted by atomic mass is 15.4. The van der Waals surface area contributed by atoms with E-state index >= 15 is 0 Å². The normalized spacial score (nSPS) is 10.8.